The van der Waals surface area contributed by atoms with Crippen molar-refractivity contribution in [3.63, 3.8) is 0 Å². The molecule has 0 bridgehead atoms. The van der Waals surface area contributed by atoms with Gasteiger partial charge in [0, 0.05) is 0 Å². The van der Waals surface area contributed by atoms with Gasteiger partial charge in [-0.1, -0.05) is 11.6 Å². The molecular formula is C5H6BrClO2. The normalized spacial score (nSPS) is 12.4. The molecule has 2 nitrogen and oxygen atoms in total. The average Bonchev–Trinajstić information content (AvgIpc) is 1.84. The number of esters is 1. The minimum Gasteiger partial charge on any atom is -0.466 e. The zero-order valence-electron chi connectivity index (χ0n) is 5.07. The van der Waals surface area contributed by atoms with Crippen LogP contribution in [-0.4, -0.2) is 13.1 Å². The van der Waals surface area contributed by atoms with Crippen molar-refractivity contribution < 1.29 is 9.53 Å². The summed E-state index contributed by atoms with van der Waals surface area (Å²) in [6.07, 6.45) is 0. The van der Waals surface area contributed by atoms with Crippen LogP contribution in [0, 0.1) is 0 Å². The van der Waals surface area contributed by atoms with Crippen LogP contribution in [0.5, 0.6) is 0 Å². The van der Waals surface area contributed by atoms with E-state index in [1.165, 1.54) is 7.11 Å². The molecular weight excluding hydrogens is 207 g/mol. The van der Waals surface area contributed by atoms with Gasteiger partial charge in [0.1, 0.15) is 0 Å². The molecule has 4 heteroatoms. The lowest BCUT2D eigenvalue weighted by Gasteiger charge is -1.96. The van der Waals surface area contributed by atoms with Gasteiger partial charge in [0.2, 0.25) is 0 Å². The Morgan fingerprint density at radius 1 is 1.67 bits per heavy atom. The Bertz CT molecular complexity index is 149. The molecule has 0 aromatic carbocycles. The quantitative estimate of drug-likeness (QED) is 0.492. The third-order valence-electron chi connectivity index (χ3n) is 0.775. The topological polar surface area (TPSA) is 26.3 Å². The number of hydrogen-bond donors (Lipinski definition) is 0. The van der Waals surface area contributed by atoms with Crippen molar-refractivity contribution in [3.05, 3.63) is 9.51 Å². The summed E-state index contributed by atoms with van der Waals surface area (Å²) in [6, 6.07) is 0. The van der Waals surface area contributed by atoms with Gasteiger partial charge in [0.15, 0.2) is 0 Å². The maximum Gasteiger partial charge on any atom is 0.335 e. The third kappa shape index (κ3) is 2.87. The van der Waals surface area contributed by atoms with Gasteiger partial charge in [-0.3, -0.25) is 0 Å². The number of carbonyl (C=O) groups excluding carboxylic acids is 1. The highest BCUT2D eigenvalue weighted by Crippen LogP contribution is 2.16. The third-order valence-corrected chi connectivity index (χ3v) is 1.65. The Balaban J connectivity index is 4.21. The van der Waals surface area contributed by atoms with Crippen LogP contribution in [0.25, 0.3) is 0 Å². The molecule has 52 valence electrons. The highest BCUT2D eigenvalue weighted by molar-refractivity contribution is 9.12. The minimum atomic E-state index is -0.420. The molecule has 0 aromatic heterocycles. The Kier molecular flexibility index (Phi) is 3.89. The molecule has 0 aliphatic rings. The summed E-state index contributed by atoms with van der Waals surface area (Å²) in [5.41, 5.74) is 0.374. The summed E-state index contributed by atoms with van der Waals surface area (Å²) in [6.45, 7) is 1.57. The molecule has 0 heterocycles. The van der Waals surface area contributed by atoms with Gasteiger partial charge in [-0.05, 0) is 22.9 Å². The van der Waals surface area contributed by atoms with Gasteiger partial charge in [-0.25, -0.2) is 4.79 Å². The summed E-state index contributed by atoms with van der Waals surface area (Å²) in [4.78, 5) is 10.6. The first-order valence-electron chi connectivity index (χ1n) is 2.19. The molecule has 0 aromatic rings. The van der Waals surface area contributed by atoms with E-state index in [0.29, 0.717) is 5.57 Å². The second-order valence-corrected chi connectivity index (χ2v) is 3.00. The van der Waals surface area contributed by atoms with E-state index in [9.17, 15) is 4.79 Å². The first-order valence-corrected chi connectivity index (χ1v) is 3.37. The summed E-state index contributed by atoms with van der Waals surface area (Å²) >= 11 is 8.32. The predicted octanol–water partition coefficient (Wildman–Crippen LogP) is 2.02. The van der Waals surface area contributed by atoms with Gasteiger partial charge in [0.25, 0.3) is 0 Å². The number of rotatable bonds is 1. The molecule has 0 aliphatic carbocycles. The second-order valence-electron chi connectivity index (χ2n) is 1.38. The molecule has 0 fully saturated rings. The van der Waals surface area contributed by atoms with Crippen LogP contribution in [0.1, 0.15) is 6.92 Å². The van der Waals surface area contributed by atoms with Crippen molar-refractivity contribution in [3.8, 4) is 0 Å². The van der Waals surface area contributed by atoms with E-state index in [2.05, 4.69) is 20.7 Å². The van der Waals surface area contributed by atoms with Gasteiger partial charge in [0.05, 0.1) is 16.6 Å². The lowest BCUT2D eigenvalue weighted by Crippen LogP contribution is -2.01. The molecule has 0 radical (unpaired) electrons. The molecule has 9 heavy (non-hydrogen) atoms. The number of carbonyl (C=O) groups is 1. The summed E-state index contributed by atoms with van der Waals surface area (Å²) in [5.74, 6) is -0.420. The summed E-state index contributed by atoms with van der Waals surface area (Å²) < 4.78 is 4.65. The monoisotopic (exact) mass is 212 g/mol. The first-order chi connectivity index (χ1) is 4.09. The molecule has 0 saturated carbocycles. The average molecular weight is 213 g/mol. The van der Waals surface area contributed by atoms with Crippen LogP contribution in [0.2, 0.25) is 0 Å². The van der Waals surface area contributed by atoms with Crippen LogP contribution in [0.3, 0.4) is 0 Å². The van der Waals surface area contributed by atoms with E-state index >= 15 is 0 Å². The molecule has 0 aliphatic heterocycles. The molecule has 0 rings (SSSR count). The van der Waals surface area contributed by atoms with Crippen LogP contribution in [0.15, 0.2) is 9.51 Å². The Morgan fingerprint density at radius 2 is 2.11 bits per heavy atom. The largest absolute Gasteiger partial charge is 0.466 e. The smallest absolute Gasteiger partial charge is 0.335 e. The second kappa shape index (κ2) is 3.90. The summed E-state index contributed by atoms with van der Waals surface area (Å²) in [5, 5.41) is 0. The van der Waals surface area contributed by atoms with E-state index in [-0.39, 0.29) is 3.94 Å². The molecule has 0 saturated heterocycles. The molecule has 0 unspecified atom stereocenters. The predicted molar refractivity (Wildman–Crippen MR) is 39.5 cm³/mol. The lowest BCUT2D eigenvalue weighted by atomic mass is 10.4. The first kappa shape index (κ1) is 8.98. The number of ether oxygens (including phenoxy) is 1. The van der Waals surface area contributed by atoms with E-state index in [1.807, 2.05) is 0 Å². The van der Waals surface area contributed by atoms with Gasteiger partial charge < -0.3 is 4.74 Å². The van der Waals surface area contributed by atoms with Crippen molar-refractivity contribution in [1.82, 2.24) is 0 Å². The molecule has 0 spiro atoms. The fourth-order valence-electron chi connectivity index (χ4n) is 0.230. The zero-order valence-corrected chi connectivity index (χ0v) is 7.41. The van der Waals surface area contributed by atoms with Gasteiger partial charge >= 0.3 is 5.97 Å². The van der Waals surface area contributed by atoms with Crippen molar-refractivity contribution in [2.75, 3.05) is 7.11 Å². The van der Waals surface area contributed by atoms with Crippen molar-refractivity contribution in [2.45, 2.75) is 6.92 Å². The number of methoxy groups -OCH3 is 1. The van der Waals surface area contributed by atoms with E-state index in [4.69, 9.17) is 11.6 Å². The minimum absolute atomic E-state index is 0.286. The SMILES string of the molecule is COC(=O)C(C)=C(Cl)Br. The Hall–Kier alpha value is -0.0200. The fourth-order valence-corrected chi connectivity index (χ4v) is 0.469. The maximum absolute atomic E-state index is 10.6. The van der Waals surface area contributed by atoms with Crippen LogP contribution < -0.4 is 0 Å². The Labute approximate surface area is 67.0 Å². The zero-order chi connectivity index (χ0) is 7.44. The lowest BCUT2D eigenvalue weighted by molar-refractivity contribution is -0.136. The highest BCUT2D eigenvalue weighted by atomic mass is 79.9. The van der Waals surface area contributed by atoms with Crippen molar-refractivity contribution in [1.29, 1.82) is 0 Å². The molecule has 0 atom stereocenters. The number of halogens is 2. The number of hydrogen-bond acceptors (Lipinski definition) is 2. The standard InChI is InChI=1S/C5H6BrClO2/c1-3(4(6)7)5(8)9-2/h1-2H3. The van der Waals surface area contributed by atoms with Gasteiger partial charge in [-0.15, -0.1) is 0 Å². The van der Waals surface area contributed by atoms with E-state index < -0.39 is 5.97 Å². The summed E-state index contributed by atoms with van der Waals surface area (Å²) in [7, 11) is 1.30. The molecule has 0 N–H and O–H groups in total. The van der Waals surface area contributed by atoms with Crippen LogP contribution in [-0.2, 0) is 9.53 Å². The molecule has 0 amide bonds. The maximum atomic E-state index is 10.6. The highest BCUT2D eigenvalue weighted by Gasteiger charge is 2.05. The van der Waals surface area contributed by atoms with Crippen molar-refractivity contribution in [2.24, 2.45) is 0 Å². The van der Waals surface area contributed by atoms with Crippen LogP contribution >= 0.6 is 27.5 Å². The fraction of sp³-hybridized carbons (Fsp3) is 0.400. The van der Waals surface area contributed by atoms with E-state index in [1.54, 1.807) is 6.92 Å². The van der Waals surface area contributed by atoms with Crippen molar-refractivity contribution >= 4 is 33.5 Å². The van der Waals surface area contributed by atoms with Crippen LogP contribution in [0.4, 0.5) is 0 Å². The van der Waals surface area contributed by atoms with Gasteiger partial charge in [-0.2, -0.15) is 0 Å². The Morgan fingerprint density at radius 3 is 2.22 bits per heavy atom. The van der Waals surface area contributed by atoms with E-state index in [0.717, 1.165) is 0 Å².